The number of hydrogen-bond donors (Lipinski definition) is 0. The zero-order valence-electron chi connectivity index (χ0n) is 35.2. The van der Waals surface area contributed by atoms with Crippen LogP contribution in [0.3, 0.4) is 0 Å². The molecule has 0 nitrogen and oxygen atoms in total. The van der Waals surface area contributed by atoms with Crippen molar-refractivity contribution in [2.45, 2.75) is 0 Å². The first-order valence-corrected chi connectivity index (χ1v) is 22.2. The zero-order valence-corrected chi connectivity index (χ0v) is 35.2. The van der Waals surface area contributed by atoms with Crippen molar-refractivity contribution in [2.24, 2.45) is 0 Å². The Labute approximate surface area is 374 Å². The van der Waals surface area contributed by atoms with Gasteiger partial charge in [-0.2, -0.15) is 0 Å². The monoisotopic (exact) mass is 810 g/mol. The summed E-state index contributed by atoms with van der Waals surface area (Å²) in [6, 6.07) is 93.6. The Morgan fingerprint density at radius 3 is 1.12 bits per heavy atom. The highest BCUT2D eigenvalue weighted by Crippen LogP contribution is 2.47. The second-order valence-electron chi connectivity index (χ2n) is 16.8. The molecule has 64 heavy (non-hydrogen) atoms. The molecule has 0 aromatic heterocycles. The molecule has 0 unspecified atom stereocenters. The van der Waals surface area contributed by atoms with Crippen molar-refractivity contribution in [3.63, 3.8) is 0 Å². The standard InChI is InChI=1S/C64H42/c1-2-18-45-38-51(37-36-43(45)16-1)49-23-12-21-47(40-49)46-20-11-22-48(39-46)50-24-13-27-54(41-50)63-59-31-7-9-33-61(59)64(62-34-10-8-32-60(62)63)58-30-6-5-29-57(58)53-26-14-25-52(42-53)56-35-15-19-44-17-3-4-28-55(44)56/h1-42H. The summed E-state index contributed by atoms with van der Waals surface area (Å²) in [5, 5.41) is 10.0. The fourth-order valence-corrected chi connectivity index (χ4v) is 9.99. The Morgan fingerprint density at radius 1 is 0.156 bits per heavy atom. The molecular weight excluding hydrogens is 769 g/mol. The fourth-order valence-electron chi connectivity index (χ4n) is 9.99. The Morgan fingerprint density at radius 2 is 0.516 bits per heavy atom. The van der Waals surface area contributed by atoms with Crippen LogP contribution in [0, 0.1) is 0 Å². The van der Waals surface area contributed by atoms with Crippen LogP contribution in [0.15, 0.2) is 255 Å². The highest BCUT2D eigenvalue weighted by atomic mass is 14.2. The molecule has 0 N–H and O–H groups in total. The van der Waals surface area contributed by atoms with Crippen LogP contribution in [-0.4, -0.2) is 0 Å². The molecule has 0 saturated carbocycles. The maximum atomic E-state index is 2.38. The van der Waals surface area contributed by atoms with Crippen LogP contribution in [0.2, 0.25) is 0 Å². The second-order valence-corrected chi connectivity index (χ2v) is 16.8. The Bertz CT molecular complexity index is 3670. The van der Waals surface area contributed by atoms with Crippen molar-refractivity contribution in [2.75, 3.05) is 0 Å². The Hall–Kier alpha value is -8.32. The van der Waals surface area contributed by atoms with E-state index in [1.165, 1.54) is 121 Å². The molecule has 0 heteroatoms. The van der Waals surface area contributed by atoms with Gasteiger partial charge in [0.1, 0.15) is 0 Å². The highest BCUT2D eigenvalue weighted by Gasteiger charge is 2.20. The first-order valence-electron chi connectivity index (χ1n) is 22.2. The number of fused-ring (bicyclic) bond motifs is 4. The number of rotatable bonds is 7. The topological polar surface area (TPSA) is 0 Å². The molecule has 0 fully saturated rings. The summed E-state index contributed by atoms with van der Waals surface area (Å²) in [7, 11) is 0. The molecular formula is C64H42. The summed E-state index contributed by atoms with van der Waals surface area (Å²) in [5.41, 5.74) is 17.1. The van der Waals surface area contributed by atoms with E-state index in [0.717, 1.165) is 0 Å². The van der Waals surface area contributed by atoms with Crippen molar-refractivity contribution in [3.8, 4) is 77.9 Å². The number of hydrogen-bond acceptors (Lipinski definition) is 0. The van der Waals surface area contributed by atoms with Crippen LogP contribution in [0.5, 0.6) is 0 Å². The van der Waals surface area contributed by atoms with Gasteiger partial charge < -0.3 is 0 Å². The maximum Gasteiger partial charge on any atom is -0.00201 e. The van der Waals surface area contributed by atoms with Gasteiger partial charge in [-0.3, -0.25) is 0 Å². The number of benzene rings is 12. The third-order valence-electron chi connectivity index (χ3n) is 13.0. The molecule has 12 aromatic rings. The van der Waals surface area contributed by atoms with E-state index >= 15 is 0 Å². The molecule has 0 aliphatic carbocycles. The molecule has 0 amide bonds. The highest BCUT2D eigenvalue weighted by molar-refractivity contribution is 6.22. The van der Waals surface area contributed by atoms with Crippen LogP contribution in [0.25, 0.3) is 121 Å². The Balaban J connectivity index is 0.959. The summed E-state index contributed by atoms with van der Waals surface area (Å²) in [4.78, 5) is 0. The van der Waals surface area contributed by atoms with E-state index in [4.69, 9.17) is 0 Å². The van der Waals surface area contributed by atoms with E-state index in [0.29, 0.717) is 0 Å². The molecule has 0 heterocycles. The molecule has 0 saturated heterocycles. The van der Waals surface area contributed by atoms with Crippen LogP contribution in [-0.2, 0) is 0 Å². The molecule has 0 spiro atoms. The normalized spacial score (nSPS) is 11.4. The first-order chi connectivity index (χ1) is 31.7. The molecule has 0 aliphatic rings. The summed E-state index contributed by atoms with van der Waals surface area (Å²) in [5.74, 6) is 0. The second kappa shape index (κ2) is 15.9. The van der Waals surface area contributed by atoms with Crippen molar-refractivity contribution < 1.29 is 0 Å². The van der Waals surface area contributed by atoms with Gasteiger partial charge in [0.05, 0.1) is 0 Å². The third-order valence-corrected chi connectivity index (χ3v) is 13.0. The quantitative estimate of drug-likeness (QED) is 0.141. The minimum atomic E-state index is 1.19. The van der Waals surface area contributed by atoms with E-state index in [1.807, 2.05) is 0 Å². The molecule has 0 aliphatic heterocycles. The maximum absolute atomic E-state index is 2.38. The molecule has 298 valence electrons. The molecule has 12 aromatic carbocycles. The van der Waals surface area contributed by atoms with Gasteiger partial charge in [-0.25, -0.2) is 0 Å². The van der Waals surface area contributed by atoms with Gasteiger partial charge >= 0.3 is 0 Å². The Kier molecular flexibility index (Phi) is 9.28. The third kappa shape index (κ3) is 6.65. The predicted molar refractivity (Wildman–Crippen MR) is 275 cm³/mol. The van der Waals surface area contributed by atoms with Gasteiger partial charge in [0.2, 0.25) is 0 Å². The summed E-state index contributed by atoms with van der Waals surface area (Å²) in [6.45, 7) is 0. The van der Waals surface area contributed by atoms with Crippen molar-refractivity contribution in [1.82, 2.24) is 0 Å². The van der Waals surface area contributed by atoms with Crippen molar-refractivity contribution in [3.05, 3.63) is 255 Å². The summed E-state index contributed by atoms with van der Waals surface area (Å²) >= 11 is 0. The van der Waals surface area contributed by atoms with E-state index in [1.54, 1.807) is 0 Å². The predicted octanol–water partition coefficient (Wildman–Crippen LogP) is 18.0. The molecule has 0 atom stereocenters. The molecule has 12 rings (SSSR count). The van der Waals surface area contributed by atoms with Gasteiger partial charge in [0, 0.05) is 0 Å². The van der Waals surface area contributed by atoms with Crippen LogP contribution in [0.1, 0.15) is 0 Å². The largest absolute Gasteiger partial charge is 0.0616 e. The average molecular weight is 811 g/mol. The summed E-state index contributed by atoms with van der Waals surface area (Å²) in [6.07, 6.45) is 0. The van der Waals surface area contributed by atoms with E-state index < -0.39 is 0 Å². The van der Waals surface area contributed by atoms with Crippen molar-refractivity contribution in [1.29, 1.82) is 0 Å². The minimum Gasteiger partial charge on any atom is -0.0616 e. The van der Waals surface area contributed by atoms with Crippen LogP contribution in [0.4, 0.5) is 0 Å². The van der Waals surface area contributed by atoms with Crippen molar-refractivity contribution >= 4 is 43.1 Å². The lowest BCUT2D eigenvalue weighted by atomic mass is 9.83. The van der Waals surface area contributed by atoms with Gasteiger partial charge in [-0.15, -0.1) is 0 Å². The van der Waals surface area contributed by atoms with Gasteiger partial charge in [0.15, 0.2) is 0 Å². The van der Waals surface area contributed by atoms with Crippen LogP contribution >= 0.6 is 0 Å². The van der Waals surface area contributed by atoms with E-state index in [9.17, 15) is 0 Å². The average Bonchev–Trinajstić information content (AvgIpc) is 3.37. The lowest BCUT2D eigenvalue weighted by Gasteiger charge is -2.20. The minimum absolute atomic E-state index is 1.19. The van der Waals surface area contributed by atoms with Crippen LogP contribution < -0.4 is 0 Å². The van der Waals surface area contributed by atoms with Gasteiger partial charge in [-0.05, 0) is 151 Å². The lowest BCUT2D eigenvalue weighted by Crippen LogP contribution is -1.93. The smallest absolute Gasteiger partial charge is 0.00201 e. The first kappa shape index (κ1) is 37.4. The fraction of sp³-hybridized carbons (Fsp3) is 0. The van der Waals surface area contributed by atoms with E-state index in [2.05, 4.69) is 255 Å². The molecule has 0 radical (unpaired) electrons. The SMILES string of the molecule is c1cc(-c2cccc(-c3ccc4ccccc4c3)c2)cc(-c2cccc(-c3c4ccccc4c(-c4ccccc4-c4cccc(-c5cccc6ccccc56)c4)c4ccccc34)c2)c1. The summed E-state index contributed by atoms with van der Waals surface area (Å²) < 4.78 is 0. The lowest BCUT2D eigenvalue weighted by molar-refractivity contribution is 1.57. The zero-order chi connectivity index (χ0) is 42.4. The van der Waals surface area contributed by atoms with Gasteiger partial charge in [0.25, 0.3) is 0 Å². The van der Waals surface area contributed by atoms with E-state index in [-0.39, 0.29) is 0 Å². The van der Waals surface area contributed by atoms with Gasteiger partial charge in [-0.1, -0.05) is 224 Å². The molecule has 0 bridgehead atoms.